The summed E-state index contributed by atoms with van der Waals surface area (Å²) in [6, 6.07) is 6.68. The molecule has 1 radical (unpaired) electrons. The van der Waals surface area contributed by atoms with E-state index < -0.39 is 16.8 Å². The summed E-state index contributed by atoms with van der Waals surface area (Å²) < 4.78 is 26.6. The van der Waals surface area contributed by atoms with Crippen LogP contribution in [0.2, 0.25) is 20.1 Å². The van der Waals surface area contributed by atoms with E-state index in [1.54, 1.807) is 54.9 Å². The SMILES string of the molecule is C.C.CC(C)(C)OC=O.CN(CC1CCc2sc(Br)c(Cl)c21)C(=O)OC(C)(C)C.CN(CC1CCc2sc(Br)cc21)C(=O)OC(C)(C)C.CN(CC1CCc2sccc21)C(=O)OC(C)(C)C.CNCC1CCc2sc(Br)c(Cl)c21.CNCC1CCc2scc(Cl)c21.CNCC1CCc2scc(Cl)c21.CNCC1CCc2sccc21.Cl.Cl.[B]=NS. The van der Waals surface area contributed by atoms with Gasteiger partial charge in [0, 0.05) is 130 Å². The molecule has 34 heteroatoms. The first-order valence-corrected chi connectivity index (χ1v) is 49.3. The first-order valence-electron chi connectivity index (χ1n) is 39.0. The summed E-state index contributed by atoms with van der Waals surface area (Å²) in [5.74, 6) is 3.94. The van der Waals surface area contributed by atoms with Gasteiger partial charge < -0.3 is 54.9 Å². The number of thiophene rings is 7. The zero-order valence-electron chi connectivity index (χ0n) is 70.9. The first kappa shape index (κ1) is 113. The van der Waals surface area contributed by atoms with Crippen molar-refractivity contribution in [3.8, 4) is 0 Å². The second-order valence-electron chi connectivity index (χ2n) is 33.3. The number of nitrogens with zero attached hydrogens (tertiary/aromatic N) is 4. The van der Waals surface area contributed by atoms with Crippen LogP contribution in [-0.4, -0.2) is 165 Å². The van der Waals surface area contributed by atoms with E-state index in [2.05, 4.69) is 138 Å². The molecule has 0 aliphatic heterocycles. The molecular formula is C85H129BBr3Cl6N8O8S8. The number of amides is 3. The summed E-state index contributed by atoms with van der Waals surface area (Å²) in [6.45, 7) is 29.3. The van der Waals surface area contributed by atoms with Crippen LogP contribution in [0, 0.1) is 0 Å². The van der Waals surface area contributed by atoms with Gasteiger partial charge in [0.1, 0.15) is 22.4 Å². The van der Waals surface area contributed by atoms with E-state index >= 15 is 0 Å². The van der Waals surface area contributed by atoms with Gasteiger partial charge in [-0.25, -0.2) is 14.4 Å². The molecule has 4 N–H and O–H groups in total. The molecule has 0 saturated heterocycles. The molecule has 0 bridgehead atoms. The van der Waals surface area contributed by atoms with Gasteiger partial charge in [-0.05, 0) is 341 Å². The second kappa shape index (κ2) is 54.0. The van der Waals surface area contributed by atoms with Crippen molar-refractivity contribution < 1.29 is 38.1 Å². The predicted molar refractivity (Wildman–Crippen MR) is 535 cm³/mol. The van der Waals surface area contributed by atoms with Crippen LogP contribution < -0.4 is 21.3 Å². The van der Waals surface area contributed by atoms with Crippen LogP contribution in [-0.2, 0) is 68.7 Å². The number of halogens is 9. The zero-order chi connectivity index (χ0) is 85.4. The zero-order valence-corrected chi connectivity index (χ0v) is 86.9. The summed E-state index contributed by atoms with van der Waals surface area (Å²) in [7, 11) is 17.8. The summed E-state index contributed by atoms with van der Waals surface area (Å²) in [5.41, 5.74) is 8.20. The molecule has 0 spiro atoms. The van der Waals surface area contributed by atoms with Gasteiger partial charge in [-0.3, -0.25) is 4.79 Å². The fourth-order valence-corrected chi connectivity index (χ4v) is 26.0. The molecule has 0 aromatic carbocycles. The standard InChI is InChI=1S/C14H19BrClNO2S.C14H20BrNO2S.C14H21NO2S.C9H11BrClNS.2C9H12ClNS.C9H13NS.C5H10O2.2CH4.BHNS.2ClH/c1-14(2,3)19-13(18)17(4)7-8-5-6-9-10(8)11(16)12(15)20-9;1-14(2,3)18-13(17)16(4)8-9-5-6-11-10(9)7-12(15)19-11;1-14(2,3)17-13(16)15(4)9-10-5-6-12-11(10)7-8-18-12;1-12-4-5-2-3-6-7(5)8(11)9(10)13-6;2*1-11-4-6-2-3-8-9(6)7(10)5-12-8;1-10-6-7-2-3-9-8(7)4-5-11-9;1-5(2,3)7-4-6;;;1-2-3;;/h8H,5-7H2,1-4H3;7,9H,5-6,8H2,1-4H3;7-8,10H,5-6,9H2,1-4H3;5,12H,2-4H2,1H3;2*5-6,11H,2-4H2,1H3;4-5,7,10H,2-3,6H2,1H3;4H,1-3H3;2*1H4;3H;2*1H. The Kier molecular flexibility index (Phi) is 51.5. The van der Waals surface area contributed by atoms with Crippen LogP contribution in [0.4, 0.5) is 14.4 Å². The number of rotatable bonds is 15. The van der Waals surface area contributed by atoms with Crippen LogP contribution in [0.3, 0.4) is 0 Å². The Hall–Kier alpha value is -1.59. The van der Waals surface area contributed by atoms with Gasteiger partial charge in [0.05, 0.1) is 31.4 Å². The van der Waals surface area contributed by atoms with Crippen molar-refractivity contribution >= 4 is 244 Å². The van der Waals surface area contributed by atoms with E-state index in [0.717, 1.165) is 111 Å². The normalized spacial score (nSPS) is 18.1. The topological polar surface area (TPSA) is 175 Å². The molecule has 16 nitrogen and oxygen atoms in total. The molecule has 7 aromatic heterocycles. The number of likely N-dealkylation sites (N-methyl/N-ethyl adjacent to an activating group) is 7. The number of carbonyl (C=O) groups is 4. The third-order valence-corrected chi connectivity index (χ3v) is 31.8. The third kappa shape index (κ3) is 35.8. The van der Waals surface area contributed by atoms with Gasteiger partial charge in [-0.2, -0.15) is 0 Å². The van der Waals surface area contributed by atoms with Gasteiger partial charge in [-0.15, -0.1) is 104 Å². The minimum atomic E-state index is -0.463. The van der Waals surface area contributed by atoms with Gasteiger partial charge in [-0.1, -0.05) is 61.3 Å². The molecule has 7 heterocycles. The van der Waals surface area contributed by atoms with Gasteiger partial charge in [0.15, 0.2) is 0 Å². The Morgan fingerprint density at radius 2 is 0.773 bits per heavy atom. The Labute approximate surface area is 804 Å². The maximum absolute atomic E-state index is 12.0. The first-order chi connectivity index (χ1) is 54.1. The fourth-order valence-electron chi connectivity index (χ4n) is 14.8. The summed E-state index contributed by atoms with van der Waals surface area (Å²) >= 11 is 51.1. The number of ether oxygens (including phenoxy) is 4. The van der Waals surface area contributed by atoms with Crippen molar-refractivity contribution in [3.05, 3.63) is 144 Å². The van der Waals surface area contributed by atoms with E-state index in [4.69, 9.17) is 60.6 Å². The molecule has 0 saturated carbocycles. The van der Waals surface area contributed by atoms with Crippen LogP contribution in [0.1, 0.15) is 257 Å². The van der Waals surface area contributed by atoms with Crippen LogP contribution in [0.5, 0.6) is 0 Å². The van der Waals surface area contributed by atoms with E-state index in [-0.39, 0.29) is 63.5 Å². The van der Waals surface area contributed by atoms with Crippen molar-refractivity contribution in [2.24, 2.45) is 4.30 Å². The Balaban J connectivity index is 0.000000463. The van der Waals surface area contributed by atoms with E-state index in [1.165, 1.54) is 118 Å². The van der Waals surface area contributed by atoms with Gasteiger partial charge in [0.25, 0.3) is 6.47 Å². The van der Waals surface area contributed by atoms with E-state index in [1.807, 2.05) is 182 Å². The van der Waals surface area contributed by atoms with Gasteiger partial charge >= 0.3 is 43.0 Å². The monoisotopic (exact) mass is 2100 g/mol. The van der Waals surface area contributed by atoms with Crippen molar-refractivity contribution in [3.63, 3.8) is 0 Å². The molecule has 7 unspecified atom stereocenters. The summed E-state index contributed by atoms with van der Waals surface area (Å²) in [4.78, 5) is 60.9. The number of fused-ring (bicyclic) bond motifs is 7. The van der Waals surface area contributed by atoms with Crippen LogP contribution in [0.15, 0.2) is 55.4 Å². The Bertz CT molecular complexity index is 4170. The molecule has 3 amide bonds. The Morgan fingerprint density at radius 1 is 0.471 bits per heavy atom. The summed E-state index contributed by atoms with van der Waals surface area (Å²) in [5, 5.41) is 25.1. The second-order valence-corrected chi connectivity index (χ2v) is 46.4. The maximum atomic E-state index is 12.0. The molecular weight excluding hydrogens is 1980 g/mol. The average Bonchev–Trinajstić information content (AvgIpc) is 1.74. The number of hydrogen-bond donors (Lipinski definition) is 5. The van der Waals surface area contributed by atoms with E-state index in [9.17, 15) is 19.2 Å². The van der Waals surface area contributed by atoms with Crippen molar-refractivity contribution in [2.75, 3.05) is 95.1 Å². The van der Waals surface area contributed by atoms with Crippen molar-refractivity contribution in [1.29, 1.82) is 0 Å². The molecule has 119 heavy (non-hydrogen) atoms. The molecule has 7 atom stereocenters. The molecule has 7 aromatic rings. The summed E-state index contributed by atoms with van der Waals surface area (Å²) in [6.07, 6.45) is 15.9. The molecule has 7 aliphatic rings. The molecule has 0 fully saturated rings. The number of thiol groups is 1. The minimum absolute atomic E-state index is 0. The number of nitrogens with one attached hydrogen (secondary N) is 4. The van der Waals surface area contributed by atoms with Crippen molar-refractivity contribution in [1.82, 2.24) is 36.0 Å². The molecule has 14 rings (SSSR count). The molecule has 7 aliphatic carbocycles. The van der Waals surface area contributed by atoms with Crippen LogP contribution >= 0.6 is 211 Å². The predicted octanol–water partition coefficient (Wildman–Crippen LogP) is 27.1. The van der Waals surface area contributed by atoms with Crippen LogP contribution in [0.25, 0.3) is 0 Å². The fraction of sp³-hybridized carbons (Fsp3) is 0.624. The average molecular weight is 2110 g/mol. The van der Waals surface area contributed by atoms with E-state index in [0.29, 0.717) is 48.5 Å². The van der Waals surface area contributed by atoms with Crippen molar-refractivity contribution in [2.45, 2.75) is 252 Å². The third-order valence-electron chi connectivity index (χ3n) is 19.7. The Morgan fingerprint density at radius 3 is 1.13 bits per heavy atom. The quantitative estimate of drug-likeness (QED) is 0.0285. The number of carbonyl (C=O) groups excluding carboxylic acids is 4. The number of hydrogen-bond acceptors (Lipinski definition) is 21. The van der Waals surface area contributed by atoms with Gasteiger partial charge in [0.2, 0.25) is 0 Å². The molecule has 671 valence electrons. The number of aryl methyl sites for hydroxylation is 7.